The van der Waals surface area contributed by atoms with Crippen molar-refractivity contribution in [2.24, 2.45) is 5.92 Å². The van der Waals surface area contributed by atoms with Crippen LogP contribution in [0.15, 0.2) is 65.8 Å². The Balaban J connectivity index is 1.36. The fraction of sp³-hybridized carbons (Fsp3) is 0.240. The molecule has 9 heteroatoms. The van der Waals surface area contributed by atoms with Crippen LogP contribution in [0.2, 0.25) is 0 Å². The number of hydrogen-bond acceptors (Lipinski definition) is 6. The minimum absolute atomic E-state index is 0.140. The first-order chi connectivity index (χ1) is 16.4. The Hall–Kier alpha value is -3.74. The third kappa shape index (κ3) is 3.81. The summed E-state index contributed by atoms with van der Waals surface area (Å²) < 4.78 is 33.1. The fourth-order valence-electron chi connectivity index (χ4n) is 4.24. The number of nitrogens with zero attached hydrogens (tertiary/aromatic N) is 4. The maximum Gasteiger partial charge on any atom is 0.243 e. The molecule has 0 radical (unpaired) electrons. The molecule has 1 saturated heterocycles. The second-order valence-electron chi connectivity index (χ2n) is 8.40. The van der Waals surface area contributed by atoms with Gasteiger partial charge in [0.1, 0.15) is 12.3 Å². The Bertz CT molecular complexity index is 1410. The van der Waals surface area contributed by atoms with E-state index in [1.807, 2.05) is 25.1 Å². The molecule has 3 aromatic rings. The summed E-state index contributed by atoms with van der Waals surface area (Å²) in [5.41, 5.74) is 3.55. The van der Waals surface area contributed by atoms with Crippen LogP contribution in [-0.2, 0) is 14.8 Å². The summed E-state index contributed by atoms with van der Waals surface area (Å²) in [7, 11) is -3.63. The van der Waals surface area contributed by atoms with Gasteiger partial charge in [-0.1, -0.05) is 24.3 Å². The number of ether oxygens (including phenoxy) is 1. The highest BCUT2D eigenvalue weighted by molar-refractivity contribution is 7.89. The van der Waals surface area contributed by atoms with Gasteiger partial charge in [-0.2, -0.15) is 9.57 Å². The van der Waals surface area contributed by atoms with Crippen LogP contribution in [0.5, 0.6) is 5.75 Å². The van der Waals surface area contributed by atoms with Crippen LogP contribution in [-0.4, -0.2) is 49.9 Å². The summed E-state index contributed by atoms with van der Waals surface area (Å²) in [4.78, 5) is 19.5. The molecular weight excluding hydrogens is 452 g/mol. The van der Waals surface area contributed by atoms with E-state index in [1.165, 1.54) is 4.31 Å². The monoisotopic (exact) mass is 474 g/mol. The van der Waals surface area contributed by atoms with Crippen LogP contribution < -0.4 is 9.64 Å². The van der Waals surface area contributed by atoms with Crippen LogP contribution in [0.25, 0.3) is 11.1 Å². The molecule has 0 atom stereocenters. The number of aryl methyl sites for hydroxylation is 1. The summed E-state index contributed by atoms with van der Waals surface area (Å²) in [6.07, 6.45) is 3.27. The Morgan fingerprint density at radius 1 is 1.15 bits per heavy atom. The number of amides is 1. The van der Waals surface area contributed by atoms with Gasteiger partial charge >= 0.3 is 0 Å². The molecule has 2 aliphatic heterocycles. The normalized spacial score (nSPS) is 16.2. The summed E-state index contributed by atoms with van der Waals surface area (Å²) in [6, 6.07) is 15.9. The topological polar surface area (TPSA) is 104 Å². The zero-order valence-corrected chi connectivity index (χ0v) is 19.3. The van der Waals surface area contributed by atoms with E-state index in [9.17, 15) is 13.2 Å². The van der Waals surface area contributed by atoms with E-state index >= 15 is 0 Å². The standard InChI is InChI=1S/C25H22N4O4S/c1-17-3-2-4-21(11-17)34(31,32)28-15-20(16-28)25(30)29-9-10-33-24-22(13-27-14-23(24)29)19-7-5-18(12-26)6-8-19/h2-8,11,13-14,20H,9-10,15-16H2,1H3. The predicted octanol–water partition coefficient (Wildman–Crippen LogP) is 2.97. The Morgan fingerprint density at radius 3 is 2.62 bits per heavy atom. The highest BCUT2D eigenvalue weighted by Crippen LogP contribution is 2.41. The molecule has 1 aromatic heterocycles. The zero-order valence-electron chi connectivity index (χ0n) is 18.5. The second-order valence-corrected chi connectivity index (χ2v) is 10.3. The molecule has 0 saturated carbocycles. The lowest BCUT2D eigenvalue weighted by molar-refractivity contribution is -0.125. The summed E-state index contributed by atoms with van der Waals surface area (Å²) >= 11 is 0. The molecule has 8 nitrogen and oxygen atoms in total. The van der Waals surface area contributed by atoms with Crippen LogP contribution in [0.1, 0.15) is 11.1 Å². The molecule has 172 valence electrons. The largest absolute Gasteiger partial charge is 0.489 e. The Kier molecular flexibility index (Phi) is 5.55. The van der Waals surface area contributed by atoms with Crippen molar-refractivity contribution in [2.45, 2.75) is 11.8 Å². The van der Waals surface area contributed by atoms with Gasteiger partial charge in [0.05, 0.1) is 35.2 Å². The van der Waals surface area contributed by atoms with E-state index in [4.69, 9.17) is 10.00 Å². The highest BCUT2D eigenvalue weighted by atomic mass is 32.2. The van der Waals surface area contributed by atoms with Crippen molar-refractivity contribution in [3.63, 3.8) is 0 Å². The van der Waals surface area contributed by atoms with Crippen LogP contribution in [0, 0.1) is 24.2 Å². The third-order valence-electron chi connectivity index (χ3n) is 6.15. The van der Waals surface area contributed by atoms with Crippen molar-refractivity contribution >= 4 is 21.6 Å². The predicted molar refractivity (Wildman–Crippen MR) is 126 cm³/mol. The molecule has 2 aliphatic rings. The first-order valence-electron chi connectivity index (χ1n) is 10.9. The molecule has 2 aromatic carbocycles. The number of benzene rings is 2. The smallest absolute Gasteiger partial charge is 0.243 e. The maximum absolute atomic E-state index is 13.3. The molecule has 0 N–H and O–H groups in total. The van der Waals surface area contributed by atoms with Crippen LogP contribution in [0.4, 0.5) is 5.69 Å². The average molecular weight is 475 g/mol. The van der Waals surface area contributed by atoms with Crippen molar-refractivity contribution < 1.29 is 17.9 Å². The molecule has 5 rings (SSSR count). The van der Waals surface area contributed by atoms with Crippen molar-refractivity contribution in [3.8, 4) is 22.9 Å². The van der Waals surface area contributed by atoms with Gasteiger partial charge in [0.25, 0.3) is 0 Å². The van der Waals surface area contributed by atoms with E-state index in [2.05, 4.69) is 11.1 Å². The SMILES string of the molecule is Cc1cccc(S(=O)(=O)N2CC(C(=O)N3CCOc4c(-c5ccc(C#N)cc5)cncc43)C2)c1. The lowest BCUT2D eigenvalue weighted by Crippen LogP contribution is -2.57. The molecule has 0 unspecified atom stereocenters. The quantitative estimate of drug-likeness (QED) is 0.576. The van der Waals surface area contributed by atoms with Gasteiger partial charge in [-0.25, -0.2) is 8.42 Å². The lowest BCUT2D eigenvalue weighted by atomic mass is 10.00. The minimum Gasteiger partial charge on any atom is -0.489 e. The maximum atomic E-state index is 13.3. The fourth-order valence-corrected chi connectivity index (χ4v) is 5.87. The molecule has 34 heavy (non-hydrogen) atoms. The number of fused-ring (bicyclic) bond motifs is 1. The third-order valence-corrected chi connectivity index (χ3v) is 7.97. The van der Waals surface area contributed by atoms with Crippen LogP contribution in [0.3, 0.4) is 0 Å². The number of hydrogen-bond donors (Lipinski definition) is 0. The van der Waals surface area contributed by atoms with E-state index in [1.54, 1.807) is 47.6 Å². The zero-order chi connectivity index (χ0) is 23.9. The molecule has 3 heterocycles. The molecular formula is C25H22N4O4S. The number of carbonyl (C=O) groups excluding carboxylic acids is 1. The lowest BCUT2D eigenvalue weighted by Gasteiger charge is -2.40. The van der Waals surface area contributed by atoms with E-state index in [0.717, 1.165) is 16.7 Å². The Labute approximate surface area is 198 Å². The van der Waals surface area contributed by atoms with Gasteiger partial charge in [-0.15, -0.1) is 0 Å². The molecule has 0 aliphatic carbocycles. The minimum atomic E-state index is -3.63. The van der Waals surface area contributed by atoms with Crippen LogP contribution >= 0.6 is 0 Å². The summed E-state index contributed by atoms with van der Waals surface area (Å²) in [5, 5.41) is 9.04. The first kappa shape index (κ1) is 22.1. The number of rotatable bonds is 4. The second kappa shape index (κ2) is 8.56. The molecule has 0 bridgehead atoms. The van der Waals surface area contributed by atoms with Crippen molar-refractivity contribution in [3.05, 3.63) is 72.1 Å². The number of carbonyl (C=O) groups is 1. The summed E-state index contributed by atoms with van der Waals surface area (Å²) in [5.74, 6) is -0.00834. The van der Waals surface area contributed by atoms with Gasteiger partial charge < -0.3 is 9.64 Å². The van der Waals surface area contributed by atoms with Gasteiger partial charge in [0.2, 0.25) is 15.9 Å². The van der Waals surface area contributed by atoms with E-state index < -0.39 is 15.9 Å². The Morgan fingerprint density at radius 2 is 1.91 bits per heavy atom. The molecule has 1 fully saturated rings. The highest BCUT2D eigenvalue weighted by Gasteiger charge is 2.43. The number of nitriles is 1. The summed E-state index contributed by atoms with van der Waals surface area (Å²) in [6.45, 7) is 2.82. The molecule has 1 amide bonds. The number of sulfonamides is 1. The van der Waals surface area contributed by atoms with Crippen molar-refractivity contribution in [1.82, 2.24) is 9.29 Å². The average Bonchev–Trinajstić information content (AvgIpc) is 2.82. The number of anilines is 1. The van der Waals surface area contributed by atoms with Gasteiger partial charge in [-0.05, 0) is 42.3 Å². The first-order valence-corrected chi connectivity index (χ1v) is 12.3. The van der Waals surface area contributed by atoms with E-state index in [0.29, 0.717) is 30.2 Å². The van der Waals surface area contributed by atoms with Gasteiger partial charge in [0, 0.05) is 24.8 Å². The van der Waals surface area contributed by atoms with Gasteiger partial charge in [0.15, 0.2) is 5.75 Å². The van der Waals surface area contributed by atoms with Crippen molar-refractivity contribution in [1.29, 1.82) is 5.26 Å². The van der Waals surface area contributed by atoms with Gasteiger partial charge in [-0.3, -0.25) is 9.78 Å². The molecule has 0 spiro atoms. The number of pyridine rings is 1. The van der Waals surface area contributed by atoms with E-state index in [-0.39, 0.29) is 23.9 Å². The number of aromatic nitrogens is 1. The van der Waals surface area contributed by atoms with Crippen molar-refractivity contribution in [2.75, 3.05) is 31.1 Å².